The molecule has 0 saturated heterocycles. The van der Waals surface area contributed by atoms with Crippen molar-refractivity contribution in [3.8, 4) is 0 Å². The Balaban J connectivity index is 2.37. The highest BCUT2D eigenvalue weighted by Crippen LogP contribution is 2.42. The molecule has 0 radical (unpaired) electrons. The molecule has 1 unspecified atom stereocenters. The highest BCUT2D eigenvalue weighted by molar-refractivity contribution is 5.25. The first kappa shape index (κ1) is 13.4. The molecule has 5 heteroatoms. The van der Waals surface area contributed by atoms with Crippen molar-refractivity contribution in [2.75, 3.05) is 7.11 Å². The summed E-state index contributed by atoms with van der Waals surface area (Å²) in [6.07, 6.45) is 3.72. The van der Waals surface area contributed by atoms with E-state index in [4.69, 9.17) is 10.6 Å². The molecule has 1 saturated carbocycles. The average Bonchev–Trinajstić information content (AvgIpc) is 2.78. The quantitative estimate of drug-likeness (QED) is 0.642. The predicted octanol–water partition coefficient (Wildman–Crippen LogP) is 2.43. The van der Waals surface area contributed by atoms with Crippen LogP contribution in [0.2, 0.25) is 0 Å². The van der Waals surface area contributed by atoms with Crippen LogP contribution in [0.25, 0.3) is 0 Å². The summed E-state index contributed by atoms with van der Waals surface area (Å²) in [5, 5.41) is 0. The van der Waals surface area contributed by atoms with Crippen molar-refractivity contribution in [1.82, 2.24) is 5.43 Å². The molecule has 0 spiro atoms. The summed E-state index contributed by atoms with van der Waals surface area (Å²) in [4.78, 5) is 0. The number of hydrazine groups is 1. The van der Waals surface area contributed by atoms with Crippen molar-refractivity contribution in [1.29, 1.82) is 0 Å². The molecule has 18 heavy (non-hydrogen) atoms. The predicted molar refractivity (Wildman–Crippen MR) is 64.6 cm³/mol. The summed E-state index contributed by atoms with van der Waals surface area (Å²) in [7, 11) is 1.62. The van der Waals surface area contributed by atoms with Gasteiger partial charge in [0.15, 0.2) is 0 Å². The van der Waals surface area contributed by atoms with E-state index in [0.717, 1.165) is 31.7 Å². The van der Waals surface area contributed by atoms with Gasteiger partial charge in [-0.1, -0.05) is 12.8 Å². The molecular formula is C13H18F2N2O. The number of nitrogens with one attached hydrogen (secondary N) is 1. The van der Waals surface area contributed by atoms with Gasteiger partial charge in [0.05, 0.1) is 11.6 Å². The van der Waals surface area contributed by atoms with E-state index < -0.39 is 23.3 Å². The normalized spacial score (nSPS) is 20.0. The monoisotopic (exact) mass is 256 g/mol. The van der Waals surface area contributed by atoms with Crippen molar-refractivity contribution in [2.45, 2.75) is 37.3 Å². The molecule has 100 valence electrons. The van der Waals surface area contributed by atoms with E-state index in [1.165, 1.54) is 12.1 Å². The molecule has 3 nitrogen and oxygen atoms in total. The van der Waals surface area contributed by atoms with Gasteiger partial charge in [0.2, 0.25) is 0 Å². The zero-order chi connectivity index (χ0) is 13.2. The molecule has 2 rings (SSSR count). The van der Waals surface area contributed by atoms with E-state index in [2.05, 4.69) is 5.43 Å². The molecule has 1 aromatic rings. The van der Waals surface area contributed by atoms with Crippen LogP contribution in [0.15, 0.2) is 18.2 Å². The fourth-order valence-electron chi connectivity index (χ4n) is 2.88. The molecule has 1 fully saturated rings. The van der Waals surface area contributed by atoms with Crippen LogP contribution < -0.4 is 11.3 Å². The van der Waals surface area contributed by atoms with Gasteiger partial charge in [-0.25, -0.2) is 8.78 Å². The molecule has 0 bridgehead atoms. The maximum absolute atomic E-state index is 13.3. The van der Waals surface area contributed by atoms with Crippen LogP contribution >= 0.6 is 0 Å². The summed E-state index contributed by atoms with van der Waals surface area (Å²) in [5.41, 5.74) is 2.66. The highest BCUT2D eigenvalue weighted by Gasteiger charge is 2.42. The fourth-order valence-corrected chi connectivity index (χ4v) is 2.88. The summed E-state index contributed by atoms with van der Waals surface area (Å²) >= 11 is 0. The summed E-state index contributed by atoms with van der Waals surface area (Å²) in [6.45, 7) is 0. The number of ether oxygens (including phenoxy) is 1. The fraction of sp³-hybridized carbons (Fsp3) is 0.538. The average molecular weight is 256 g/mol. The molecule has 0 heterocycles. The standard InChI is InChI=1S/C13H18F2N2O/c1-18-13(4-2-3-5-13)12(17-16)9-6-10(14)8-11(15)7-9/h6-8,12,17H,2-5,16H2,1H3. The molecule has 0 aliphatic heterocycles. The number of nitrogens with two attached hydrogens (primary N) is 1. The van der Waals surface area contributed by atoms with Gasteiger partial charge in [0.25, 0.3) is 0 Å². The van der Waals surface area contributed by atoms with Crippen molar-refractivity contribution in [3.63, 3.8) is 0 Å². The highest BCUT2D eigenvalue weighted by atomic mass is 19.1. The van der Waals surface area contributed by atoms with Crippen LogP contribution in [0.3, 0.4) is 0 Å². The Labute approximate surface area is 105 Å². The van der Waals surface area contributed by atoms with Gasteiger partial charge < -0.3 is 4.74 Å². The number of hydrogen-bond donors (Lipinski definition) is 2. The summed E-state index contributed by atoms with van der Waals surface area (Å²) in [5.74, 6) is 4.37. The SMILES string of the molecule is COC1(C(NN)c2cc(F)cc(F)c2)CCCC1. The number of benzene rings is 1. The Morgan fingerprint density at radius 1 is 1.22 bits per heavy atom. The van der Waals surface area contributed by atoms with Crippen molar-refractivity contribution < 1.29 is 13.5 Å². The zero-order valence-corrected chi connectivity index (χ0v) is 10.4. The van der Waals surface area contributed by atoms with Crippen molar-refractivity contribution in [2.24, 2.45) is 5.84 Å². The van der Waals surface area contributed by atoms with Crippen molar-refractivity contribution >= 4 is 0 Å². The third kappa shape index (κ3) is 2.39. The first-order valence-corrected chi connectivity index (χ1v) is 6.08. The molecule has 1 atom stereocenters. The Morgan fingerprint density at radius 3 is 2.22 bits per heavy atom. The Hall–Kier alpha value is -1.04. The van der Waals surface area contributed by atoms with E-state index in [0.29, 0.717) is 5.56 Å². The first-order valence-electron chi connectivity index (χ1n) is 6.08. The van der Waals surface area contributed by atoms with Gasteiger partial charge >= 0.3 is 0 Å². The topological polar surface area (TPSA) is 47.3 Å². The van der Waals surface area contributed by atoms with Gasteiger partial charge in [0, 0.05) is 13.2 Å². The van der Waals surface area contributed by atoms with E-state index in [9.17, 15) is 8.78 Å². The van der Waals surface area contributed by atoms with Gasteiger partial charge in [0.1, 0.15) is 11.6 Å². The van der Waals surface area contributed by atoms with Gasteiger partial charge in [-0.05, 0) is 30.5 Å². The Morgan fingerprint density at radius 2 is 1.78 bits per heavy atom. The lowest BCUT2D eigenvalue weighted by Gasteiger charge is -2.36. The Kier molecular flexibility index (Phi) is 3.94. The minimum atomic E-state index is -0.602. The molecule has 1 aliphatic carbocycles. The first-order chi connectivity index (χ1) is 8.61. The third-order valence-electron chi connectivity index (χ3n) is 3.77. The van der Waals surface area contributed by atoms with Gasteiger partial charge in [-0.3, -0.25) is 11.3 Å². The van der Waals surface area contributed by atoms with Crippen LogP contribution in [-0.4, -0.2) is 12.7 Å². The van der Waals surface area contributed by atoms with Gasteiger partial charge in [-0.2, -0.15) is 0 Å². The zero-order valence-electron chi connectivity index (χ0n) is 10.4. The maximum atomic E-state index is 13.3. The number of halogens is 2. The molecule has 0 aromatic heterocycles. The largest absolute Gasteiger partial charge is 0.376 e. The summed E-state index contributed by atoms with van der Waals surface area (Å²) in [6, 6.07) is 3.04. The number of hydrogen-bond acceptors (Lipinski definition) is 3. The molecule has 0 amide bonds. The van der Waals surface area contributed by atoms with E-state index in [1.54, 1.807) is 7.11 Å². The third-order valence-corrected chi connectivity index (χ3v) is 3.77. The van der Waals surface area contributed by atoms with Gasteiger partial charge in [-0.15, -0.1) is 0 Å². The lowest BCUT2D eigenvalue weighted by Crippen LogP contribution is -2.46. The minimum Gasteiger partial charge on any atom is -0.376 e. The number of rotatable bonds is 4. The molecule has 1 aromatic carbocycles. The smallest absolute Gasteiger partial charge is 0.126 e. The maximum Gasteiger partial charge on any atom is 0.126 e. The van der Waals surface area contributed by atoms with E-state index in [-0.39, 0.29) is 0 Å². The van der Waals surface area contributed by atoms with E-state index >= 15 is 0 Å². The lowest BCUT2D eigenvalue weighted by molar-refractivity contribution is -0.0369. The Bertz CT molecular complexity index is 399. The van der Waals surface area contributed by atoms with Crippen LogP contribution in [-0.2, 0) is 4.74 Å². The second-order valence-corrected chi connectivity index (χ2v) is 4.78. The summed E-state index contributed by atoms with van der Waals surface area (Å²) < 4.78 is 32.2. The number of methoxy groups -OCH3 is 1. The molecule has 3 N–H and O–H groups in total. The second kappa shape index (κ2) is 5.30. The minimum absolute atomic E-state index is 0.407. The van der Waals surface area contributed by atoms with Crippen LogP contribution in [0, 0.1) is 11.6 Å². The van der Waals surface area contributed by atoms with Crippen LogP contribution in [0.1, 0.15) is 37.3 Å². The van der Waals surface area contributed by atoms with E-state index in [1.807, 2.05) is 0 Å². The van der Waals surface area contributed by atoms with Crippen molar-refractivity contribution in [3.05, 3.63) is 35.4 Å². The second-order valence-electron chi connectivity index (χ2n) is 4.78. The molecule has 1 aliphatic rings. The lowest BCUT2D eigenvalue weighted by atomic mass is 9.87. The van der Waals surface area contributed by atoms with Crippen LogP contribution in [0.4, 0.5) is 8.78 Å². The van der Waals surface area contributed by atoms with Crippen LogP contribution in [0.5, 0.6) is 0 Å². The molecular weight excluding hydrogens is 238 g/mol.